The normalized spacial score (nSPS) is 16.6. The van der Waals surface area contributed by atoms with E-state index in [0.29, 0.717) is 23.7 Å². The van der Waals surface area contributed by atoms with Crippen molar-refractivity contribution < 1.29 is 13.2 Å². The lowest BCUT2D eigenvalue weighted by Crippen LogP contribution is -2.23. The minimum atomic E-state index is -3.43. The fourth-order valence-electron chi connectivity index (χ4n) is 2.46. The van der Waals surface area contributed by atoms with Crippen molar-refractivity contribution in [2.45, 2.75) is 18.0 Å². The fourth-order valence-corrected chi connectivity index (χ4v) is 4.07. The van der Waals surface area contributed by atoms with E-state index in [4.69, 9.17) is 10.5 Å². The molecule has 0 radical (unpaired) electrons. The summed E-state index contributed by atoms with van der Waals surface area (Å²) in [7, 11) is -1.83. The molecule has 0 unspecified atom stereocenters. The SMILES string of the molecule is COc1ccc(CN2Cc3cc(N)ccc3S2(=O)=O)cc1. The summed E-state index contributed by atoms with van der Waals surface area (Å²) in [6, 6.07) is 12.3. The van der Waals surface area contributed by atoms with Gasteiger partial charge in [0.2, 0.25) is 10.0 Å². The number of hydrogen-bond acceptors (Lipinski definition) is 4. The summed E-state index contributed by atoms with van der Waals surface area (Å²) >= 11 is 0. The van der Waals surface area contributed by atoms with Crippen LogP contribution in [0.3, 0.4) is 0 Å². The van der Waals surface area contributed by atoms with Crippen molar-refractivity contribution in [3.63, 3.8) is 0 Å². The van der Waals surface area contributed by atoms with Crippen molar-refractivity contribution in [3.05, 3.63) is 53.6 Å². The molecule has 2 N–H and O–H groups in total. The number of benzene rings is 2. The van der Waals surface area contributed by atoms with Gasteiger partial charge in [-0.3, -0.25) is 0 Å². The summed E-state index contributed by atoms with van der Waals surface area (Å²) < 4.78 is 31.5. The van der Waals surface area contributed by atoms with E-state index in [-0.39, 0.29) is 0 Å². The largest absolute Gasteiger partial charge is 0.497 e. The third-order valence-electron chi connectivity index (χ3n) is 3.57. The van der Waals surface area contributed by atoms with Crippen LogP contribution >= 0.6 is 0 Å². The van der Waals surface area contributed by atoms with Gasteiger partial charge in [-0.15, -0.1) is 0 Å². The third kappa shape index (κ3) is 2.48. The predicted octanol–water partition coefficient (Wildman–Crippen LogP) is 1.98. The highest BCUT2D eigenvalue weighted by Crippen LogP contribution is 2.32. The molecule has 2 aromatic carbocycles. The zero-order valence-corrected chi connectivity index (χ0v) is 12.4. The lowest BCUT2D eigenvalue weighted by molar-refractivity contribution is 0.411. The van der Waals surface area contributed by atoms with Crippen LogP contribution in [0.4, 0.5) is 5.69 Å². The van der Waals surface area contributed by atoms with Crippen LogP contribution < -0.4 is 10.5 Å². The first-order valence-corrected chi connectivity index (χ1v) is 7.96. The molecule has 5 nitrogen and oxygen atoms in total. The van der Waals surface area contributed by atoms with Crippen molar-refractivity contribution in [2.24, 2.45) is 0 Å². The van der Waals surface area contributed by atoms with Crippen molar-refractivity contribution in [1.82, 2.24) is 4.31 Å². The first-order chi connectivity index (χ1) is 10.0. The summed E-state index contributed by atoms with van der Waals surface area (Å²) in [6.45, 7) is 0.690. The lowest BCUT2D eigenvalue weighted by Gasteiger charge is -2.14. The lowest BCUT2D eigenvalue weighted by atomic mass is 10.2. The highest BCUT2D eigenvalue weighted by atomic mass is 32.2. The van der Waals surface area contributed by atoms with Gasteiger partial charge < -0.3 is 10.5 Å². The highest BCUT2D eigenvalue weighted by molar-refractivity contribution is 7.89. The third-order valence-corrected chi connectivity index (χ3v) is 5.46. The van der Waals surface area contributed by atoms with Gasteiger partial charge >= 0.3 is 0 Å². The van der Waals surface area contributed by atoms with Gasteiger partial charge in [0.05, 0.1) is 12.0 Å². The van der Waals surface area contributed by atoms with Gasteiger partial charge in [-0.25, -0.2) is 8.42 Å². The quantitative estimate of drug-likeness (QED) is 0.880. The topological polar surface area (TPSA) is 72.6 Å². The zero-order chi connectivity index (χ0) is 15.0. The first kappa shape index (κ1) is 13.9. The maximum Gasteiger partial charge on any atom is 0.244 e. The molecule has 1 aliphatic heterocycles. The van der Waals surface area contributed by atoms with Crippen molar-refractivity contribution in [2.75, 3.05) is 12.8 Å². The van der Waals surface area contributed by atoms with Gasteiger partial charge in [0.1, 0.15) is 5.75 Å². The Morgan fingerprint density at radius 2 is 1.90 bits per heavy atom. The highest BCUT2D eigenvalue weighted by Gasteiger charge is 2.34. The number of anilines is 1. The van der Waals surface area contributed by atoms with Crippen LogP contribution in [0.2, 0.25) is 0 Å². The van der Waals surface area contributed by atoms with Gasteiger partial charge in [0, 0.05) is 18.8 Å². The smallest absolute Gasteiger partial charge is 0.244 e. The molecule has 2 aromatic rings. The Hall–Kier alpha value is -2.05. The van der Waals surface area contributed by atoms with Crippen molar-refractivity contribution in [3.8, 4) is 5.75 Å². The standard InChI is InChI=1S/C15H16N2O3S/c1-20-14-5-2-11(3-6-14)9-17-10-12-8-13(16)4-7-15(12)21(17,18)19/h2-8H,9-10,16H2,1H3. The van der Waals surface area contributed by atoms with Crippen molar-refractivity contribution >= 4 is 15.7 Å². The second-order valence-corrected chi connectivity index (χ2v) is 6.89. The van der Waals surface area contributed by atoms with Gasteiger partial charge in [-0.1, -0.05) is 12.1 Å². The molecule has 1 heterocycles. The average Bonchev–Trinajstić information content (AvgIpc) is 2.70. The molecule has 110 valence electrons. The number of nitrogen functional groups attached to an aromatic ring is 1. The zero-order valence-electron chi connectivity index (χ0n) is 11.6. The van der Waals surface area contributed by atoms with Gasteiger partial charge in [-0.2, -0.15) is 4.31 Å². The van der Waals surface area contributed by atoms with Crippen LogP contribution in [-0.2, 0) is 23.1 Å². The van der Waals surface area contributed by atoms with Gasteiger partial charge in [0.15, 0.2) is 0 Å². The maximum atomic E-state index is 12.5. The number of nitrogens with two attached hydrogens (primary N) is 1. The number of ether oxygens (including phenoxy) is 1. The minimum absolute atomic E-state index is 0.334. The predicted molar refractivity (Wildman–Crippen MR) is 80.3 cm³/mol. The minimum Gasteiger partial charge on any atom is -0.497 e. The molecular formula is C15H16N2O3S. The van der Waals surface area contributed by atoms with Gasteiger partial charge in [0.25, 0.3) is 0 Å². The maximum absolute atomic E-state index is 12.5. The van der Waals surface area contributed by atoms with Crippen molar-refractivity contribution in [1.29, 1.82) is 0 Å². The number of sulfonamides is 1. The number of rotatable bonds is 3. The average molecular weight is 304 g/mol. The van der Waals surface area contributed by atoms with E-state index in [1.54, 1.807) is 25.3 Å². The van der Waals surface area contributed by atoms with Crippen LogP contribution in [0.5, 0.6) is 5.75 Å². The molecule has 21 heavy (non-hydrogen) atoms. The Morgan fingerprint density at radius 3 is 2.57 bits per heavy atom. The van der Waals surface area contributed by atoms with Gasteiger partial charge in [-0.05, 0) is 41.5 Å². The summed E-state index contributed by atoms with van der Waals surface area (Å²) in [5.74, 6) is 0.749. The molecule has 0 amide bonds. The summed E-state index contributed by atoms with van der Waals surface area (Å²) in [5.41, 5.74) is 7.97. The summed E-state index contributed by atoms with van der Waals surface area (Å²) in [6.07, 6.45) is 0. The summed E-state index contributed by atoms with van der Waals surface area (Å²) in [4.78, 5) is 0.352. The monoisotopic (exact) mass is 304 g/mol. The van der Waals surface area contributed by atoms with Crippen LogP contribution in [-0.4, -0.2) is 19.8 Å². The molecule has 0 saturated carbocycles. The number of fused-ring (bicyclic) bond motifs is 1. The first-order valence-electron chi connectivity index (χ1n) is 6.52. The molecule has 0 saturated heterocycles. The van der Waals surface area contributed by atoms with Crippen LogP contribution in [0, 0.1) is 0 Å². The Morgan fingerprint density at radius 1 is 1.19 bits per heavy atom. The molecule has 6 heteroatoms. The molecule has 0 aromatic heterocycles. The second-order valence-electron chi connectivity index (χ2n) is 4.99. The second kappa shape index (κ2) is 5.05. The number of hydrogen-bond donors (Lipinski definition) is 1. The number of methoxy groups -OCH3 is 1. The van der Waals surface area contributed by atoms with Crippen LogP contribution in [0.1, 0.15) is 11.1 Å². The van der Waals surface area contributed by atoms with E-state index in [1.807, 2.05) is 24.3 Å². The van der Waals surface area contributed by atoms with E-state index in [2.05, 4.69) is 0 Å². The Bertz CT molecular complexity index is 770. The molecule has 0 aliphatic carbocycles. The Balaban J connectivity index is 1.87. The van der Waals surface area contributed by atoms with Crippen LogP contribution in [0.25, 0.3) is 0 Å². The van der Waals surface area contributed by atoms with E-state index >= 15 is 0 Å². The van der Waals surface area contributed by atoms with E-state index < -0.39 is 10.0 Å². The number of nitrogens with zero attached hydrogens (tertiary/aromatic N) is 1. The molecular weight excluding hydrogens is 288 g/mol. The van der Waals surface area contributed by atoms with E-state index in [9.17, 15) is 8.42 Å². The Labute approximate surface area is 124 Å². The van der Waals surface area contributed by atoms with E-state index in [0.717, 1.165) is 16.9 Å². The molecule has 0 spiro atoms. The molecule has 3 rings (SSSR count). The summed E-state index contributed by atoms with van der Waals surface area (Å²) in [5, 5.41) is 0. The molecule has 1 aliphatic rings. The molecule has 0 bridgehead atoms. The van der Waals surface area contributed by atoms with Crippen LogP contribution in [0.15, 0.2) is 47.4 Å². The molecule has 0 atom stereocenters. The van der Waals surface area contributed by atoms with E-state index in [1.165, 1.54) is 4.31 Å². The fraction of sp³-hybridized carbons (Fsp3) is 0.200. The Kier molecular flexibility index (Phi) is 3.35. The molecule has 0 fully saturated rings.